The van der Waals surface area contributed by atoms with E-state index in [-0.39, 0.29) is 29.3 Å². The van der Waals surface area contributed by atoms with Crippen LogP contribution in [0.15, 0.2) is 64.7 Å². The Hall–Kier alpha value is -3.19. The molecule has 4 rings (SSSR count). The smallest absolute Gasteiger partial charge is 0.343 e. The van der Waals surface area contributed by atoms with Crippen LogP contribution in [0.2, 0.25) is 0 Å². The summed E-state index contributed by atoms with van der Waals surface area (Å²) in [5.74, 6) is -1.32. The van der Waals surface area contributed by atoms with Crippen molar-refractivity contribution in [3.63, 3.8) is 0 Å². The number of thioether (sulfide) groups is 1. The molecule has 0 fully saturated rings. The van der Waals surface area contributed by atoms with Crippen molar-refractivity contribution < 1.29 is 14.3 Å². The second kappa shape index (κ2) is 9.75. The highest BCUT2D eigenvalue weighted by Crippen LogP contribution is 2.23. The summed E-state index contributed by atoms with van der Waals surface area (Å²) in [4.78, 5) is 42.7. The monoisotopic (exact) mass is 575 g/mol. The normalized spacial score (nSPS) is 11.0. The van der Waals surface area contributed by atoms with Gasteiger partial charge in [0.15, 0.2) is 5.16 Å². The summed E-state index contributed by atoms with van der Waals surface area (Å²) in [6.45, 7) is 1.85. The van der Waals surface area contributed by atoms with Crippen molar-refractivity contribution in [2.24, 2.45) is 0 Å². The maximum atomic E-state index is 13.3. The fourth-order valence-electron chi connectivity index (χ4n) is 3.15. The molecule has 0 aliphatic carbocycles. The van der Waals surface area contributed by atoms with Crippen molar-refractivity contribution in [2.75, 3.05) is 18.1 Å². The Morgan fingerprint density at radius 3 is 2.67 bits per heavy atom. The number of ether oxygens (including phenoxy) is 1. The minimum absolute atomic E-state index is 0.0230. The first-order valence-corrected chi connectivity index (χ1v) is 11.9. The largest absolute Gasteiger partial charge is 0.462 e. The molecule has 0 aliphatic rings. The molecule has 0 radical (unpaired) electrons. The van der Waals surface area contributed by atoms with Crippen molar-refractivity contribution in [1.29, 1.82) is 0 Å². The molecule has 2 heterocycles. The number of nitrogens with zero attached hydrogens (tertiary/aromatic N) is 4. The highest BCUT2D eigenvalue weighted by molar-refractivity contribution is 14.1. The van der Waals surface area contributed by atoms with Crippen LogP contribution in [0.25, 0.3) is 16.6 Å². The lowest BCUT2D eigenvalue weighted by Crippen LogP contribution is -2.23. The van der Waals surface area contributed by atoms with Gasteiger partial charge in [0.2, 0.25) is 0 Å². The van der Waals surface area contributed by atoms with Gasteiger partial charge >= 0.3 is 5.97 Å². The molecule has 2 aromatic carbocycles. The van der Waals surface area contributed by atoms with Crippen LogP contribution in [-0.4, -0.2) is 43.6 Å². The number of anilines is 1. The predicted molar refractivity (Wildman–Crippen MR) is 134 cm³/mol. The van der Waals surface area contributed by atoms with E-state index in [0.717, 1.165) is 20.0 Å². The van der Waals surface area contributed by atoms with E-state index in [2.05, 4.69) is 32.7 Å². The predicted octanol–water partition coefficient (Wildman–Crippen LogP) is 3.38. The summed E-state index contributed by atoms with van der Waals surface area (Å²) >= 11 is 3.23. The Morgan fingerprint density at radius 1 is 1.18 bits per heavy atom. The number of nitrogen functional groups attached to an aromatic ring is 1. The first-order valence-electron chi connectivity index (χ1n) is 9.85. The first kappa shape index (κ1) is 23.0. The van der Waals surface area contributed by atoms with Crippen molar-refractivity contribution >= 4 is 63.0 Å². The number of carbonyl (C=O) groups is 2. The number of carbonyl (C=O) groups excluding carboxylic acids is 2. The van der Waals surface area contributed by atoms with E-state index < -0.39 is 11.9 Å². The average Bonchev–Trinajstić information content (AvgIpc) is 3.20. The standard InChI is InChI=1S/C22H18IN5O4S/c1-2-32-21(31)16-11-25-28(19(16)24)18(29)12-33-22-26-17-9-8-13(23)10-15(17)20(30)27(22)14-6-4-3-5-7-14/h3-11H,2,12,24H2,1H3. The SMILES string of the molecule is CCOC(=O)c1cnn(C(=O)CSc2nc3ccc(I)cc3c(=O)n2-c2ccccc2)c1N. The number of esters is 1. The lowest BCUT2D eigenvalue weighted by atomic mass is 10.2. The van der Waals surface area contributed by atoms with Gasteiger partial charge in [-0.15, -0.1) is 0 Å². The number of para-hydroxylation sites is 1. The van der Waals surface area contributed by atoms with Crippen LogP contribution < -0.4 is 11.3 Å². The molecule has 33 heavy (non-hydrogen) atoms. The molecule has 0 saturated carbocycles. The third-order valence-electron chi connectivity index (χ3n) is 4.68. The minimum Gasteiger partial charge on any atom is -0.462 e. The van der Waals surface area contributed by atoms with E-state index in [1.807, 2.05) is 24.3 Å². The number of aromatic nitrogens is 4. The number of fused-ring (bicyclic) bond motifs is 1. The fourth-order valence-corrected chi connectivity index (χ4v) is 4.50. The van der Waals surface area contributed by atoms with Crippen molar-refractivity contribution in [3.8, 4) is 5.69 Å². The molecule has 0 atom stereocenters. The lowest BCUT2D eigenvalue weighted by molar-refractivity contribution is 0.0527. The summed E-state index contributed by atoms with van der Waals surface area (Å²) < 4.78 is 8.27. The molecular weight excluding hydrogens is 557 g/mol. The van der Waals surface area contributed by atoms with Crippen molar-refractivity contribution in [3.05, 3.63) is 74.2 Å². The Kier molecular flexibility index (Phi) is 6.79. The number of halogens is 1. The van der Waals surface area contributed by atoms with Gasteiger partial charge in [0, 0.05) is 3.57 Å². The summed E-state index contributed by atoms with van der Waals surface area (Å²) in [5.41, 5.74) is 6.89. The zero-order valence-electron chi connectivity index (χ0n) is 17.4. The Labute approximate surface area is 206 Å². The molecule has 0 bridgehead atoms. The molecule has 0 unspecified atom stereocenters. The van der Waals surface area contributed by atoms with Crippen LogP contribution in [0.3, 0.4) is 0 Å². The second-order valence-electron chi connectivity index (χ2n) is 6.79. The molecule has 11 heteroatoms. The van der Waals surface area contributed by atoms with Crippen LogP contribution in [0.4, 0.5) is 5.82 Å². The van der Waals surface area contributed by atoms with Gasteiger partial charge in [-0.3, -0.25) is 14.2 Å². The van der Waals surface area contributed by atoms with Gasteiger partial charge in [-0.1, -0.05) is 30.0 Å². The van der Waals surface area contributed by atoms with Crippen molar-refractivity contribution in [1.82, 2.24) is 19.3 Å². The second-order valence-corrected chi connectivity index (χ2v) is 8.98. The maximum Gasteiger partial charge on any atom is 0.343 e. The summed E-state index contributed by atoms with van der Waals surface area (Å²) in [7, 11) is 0. The van der Waals surface area contributed by atoms with Gasteiger partial charge in [0.1, 0.15) is 11.4 Å². The third kappa shape index (κ3) is 4.64. The number of rotatable bonds is 6. The molecule has 168 valence electrons. The van der Waals surface area contributed by atoms with E-state index in [1.54, 1.807) is 31.2 Å². The molecule has 0 amide bonds. The van der Waals surface area contributed by atoms with E-state index in [1.165, 1.54) is 10.8 Å². The number of hydrogen-bond donors (Lipinski definition) is 1. The molecule has 2 N–H and O–H groups in total. The molecule has 0 spiro atoms. The Balaban J connectivity index is 1.69. The molecule has 2 aromatic heterocycles. The van der Waals surface area contributed by atoms with E-state index in [9.17, 15) is 14.4 Å². The van der Waals surface area contributed by atoms with Crippen LogP contribution >= 0.6 is 34.4 Å². The number of benzene rings is 2. The van der Waals surface area contributed by atoms with Crippen LogP contribution in [0, 0.1) is 3.57 Å². The fraction of sp³-hybridized carbons (Fsp3) is 0.136. The zero-order chi connectivity index (χ0) is 23.5. The van der Waals surface area contributed by atoms with Crippen molar-refractivity contribution in [2.45, 2.75) is 12.1 Å². The van der Waals surface area contributed by atoms with Gasteiger partial charge in [-0.25, -0.2) is 9.78 Å². The lowest BCUT2D eigenvalue weighted by Gasteiger charge is -2.13. The van der Waals surface area contributed by atoms with Gasteiger partial charge < -0.3 is 10.5 Å². The Morgan fingerprint density at radius 2 is 1.94 bits per heavy atom. The molecule has 4 aromatic rings. The third-order valence-corrected chi connectivity index (χ3v) is 6.27. The van der Waals surface area contributed by atoms with Gasteiger partial charge in [-0.2, -0.15) is 9.78 Å². The molecule has 9 nitrogen and oxygen atoms in total. The quantitative estimate of drug-likeness (QED) is 0.161. The van der Waals surface area contributed by atoms with Gasteiger partial charge in [0.05, 0.1) is 35.1 Å². The highest BCUT2D eigenvalue weighted by Gasteiger charge is 2.21. The minimum atomic E-state index is -0.648. The van der Waals surface area contributed by atoms with E-state index >= 15 is 0 Å². The van der Waals surface area contributed by atoms with Crippen LogP contribution in [0.1, 0.15) is 22.1 Å². The number of nitrogens with two attached hydrogens (primary N) is 1. The van der Waals surface area contributed by atoms with E-state index in [0.29, 0.717) is 21.7 Å². The summed E-state index contributed by atoms with van der Waals surface area (Å²) in [5, 5.41) is 4.76. The molecule has 0 aliphatic heterocycles. The first-order chi connectivity index (χ1) is 15.9. The Bertz CT molecular complexity index is 1420. The topological polar surface area (TPSA) is 122 Å². The molecular formula is C22H18IN5O4S. The van der Waals surface area contributed by atoms with Gasteiger partial charge in [-0.05, 0) is 59.8 Å². The number of hydrogen-bond acceptors (Lipinski definition) is 8. The highest BCUT2D eigenvalue weighted by atomic mass is 127. The van der Waals surface area contributed by atoms with Crippen LogP contribution in [-0.2, 0) is 4.74 Å². The molecule has 0 saturated heterocycles. The van der Waals surface area contributed by atoms with E-state index in [4.69, 9.17) is 10.5 Å². The summed E-state index contributed by atoms with van der Waals surface area (Å²) in [6, 6.07) is 14.5. The van der Waals surface area contributed by atoms with Gasteiger partial charge in [0.25, 0.3) is 11.5 Å². The zero-order valence-corrected chi connectivity index (χ0v) is 20.4. The van der Waals surface area contributed by atoms with Crippen LogP contribution in [0.5, 0.6) is 0 Å². The summed E-state index contributed by atoms with van der Waals surface area (Å²) in [6.07, 6.45) is 1.20. The maximum absolute atomic E-state index is 13.3. The average molecular weight is 575 g/mol.